The lowest BCUT2D eigenvalue weighted by molar-refractivity contribution is -0.125. The fourth-order valence-corrected chi connectivity index (χ4v) is 3.25. The molecule has 2 N–H and O–H groups in total. The number of ether oxygens (including phenoxy) is 1. The second-order valence-corrected chi connectivity index (χ2v) is 7.59. The molecular weight excluding hydrogens is 358 g/mol. The lowest BCUT2D eigenvalue weighted by Gasteiger charge is -2.26. The van der Waals surface area contributed by atoms with Gasteiger partial charge in [-0.25, -0.2) is 4.79 Å². The molecule has 1 fully saturated rings. The van der Waals surface area contributed by atoms with E-state index in [0.717, 1.165) is 5.56 Å². The van der Waals surface area contributed by atoms with Gasteiger partial charge in [0.2, 0.25) is 5.91 Å². The third-order valence-electron chi connectivity index (χ3n) is 5.39. The van der Waals surface area contributed by atoms with Gasteiger partial charge in [0.1, 0.15) is 12.3 Å². The van der Waals surface area contributed by atoms with Gasteiger partial charge in [0.05, 0.1) is 23.0 Å². The van der Waals surface area contributed by atoms with Crippen LogP contribution in [0.3, 0.4) is 0 Å². The Kier molecular flexibility index (Phi) is 5.51. The molecule has 28 heavy (non-hydrogen) atoms. The van der Waals surface area contributed by atoms with Gasteiger partial charge in [0.25, 0.3) is 0 Å². The zero-order valence-electron chi connectivity index (χ0n) is 16.9. The third-order valence-corrected chi connectivity index (χ3v) is 5.39. The number of carbonyl (C=O) groups excluding carboxylic acids is 2. The fourth-order valence-electron chi connectivity index (χ4n) is 3.25. The molecular formula is C20H27N5O3. The molecule has 3 unspecified atom stereocenters. The van der Waals surface area contributed by atoms with Gasteiger partial charge in [0, 0.05) is 25.0 Å². The predicted octanol–water partition coefficient (Wildman–Crippen LogP) is 2.26. The molecule has 0 radical (unpaired) electrons. The monoisotopic (exact) mass is 385 g/mol. The Labute approximate surface area is 164 Å². The number of nitrogens with one attached hydrogen (secondary N) is 2. The number of hydrogen-bond acceptors (Lipinski definition) is 6. The van der Waals surface area contributed by atoms with E-state index in [1.165, 1.54) is 0 Å². The molecule has 1 aliphatic rings. The number of carbonyl (C=O) groups is 2. The summed E-state index contributed by atoms with van der Waals surface area (Å²) < 4.78 is 7.41. The molecule has 8 nitrogen and oxygen atoms in total. The first-order valence-corrected chi connectivity index (χ1v) is 9.49. The summed E-state index contributed by atoms with van der Waals surface area (Å²) in [6, 6.07) is 3.35. The second kappa shape index (κ2) is 7.71. The maximum Gasteiger partial charge on any atom is 0.340 e. The van der Waals surface area contributed by atoms with Crippen LogP contribution < -0.4 is 10.6 Å². The zero-order chi connectivity index (χ0) is 20.5. The van der Waals surface area contributed by atoms with E-state index in [4.69, 9.17) is 4.74 Å². The van der Waals surface area contributed by atoms with Crippen LogP contribution in [0.5, 0.6) is 0 Å². The molecule has 0 aromatic carbocycles. The number of nitrogens with zero attached hydrogens (tertiary/aromatic N) is 3. The Balaban J connectivity index is 1.84. The summed E-state index contributed by atoms with van der Waals surface area (Å²) in [4.78, 5) is 29.8. The average Bonchev–Trinajstić information content (AvgIpc) is 3.23. The predicted molar refractivity (Wildman–Crippen MR) is 103 cm³/mol. The van der Waals surface area contributed by atoms with Gasteiger partial charge in [-0.3, -0.25) is 19.8 Å². The minimum atomic E-state index is -0.731. The first-order valence-electron chi connectivity index (χ1n) is 9.49. The van der Waals surface area contributed by atoms with E-state index >= 15 is 0 Å². The summed E-state index contributed by atoms with van der Waals surface area (Å²) in [6.07, 6.45) is 4.79. The van der Waals surface area contributed by atoms with Crippen LogP contribution in [-0.2, 0) is 16.6 Å². The van der Waals surface area contributed by atoms with Crippen molar-refractivity contribution in [1.82, 2.24) is 25.4 Å². The summed E-state index contributed by atoms with van der Waals surface area (Å²) in [7, 11) is 1.82. The van der Waals surface area contributed by atoms with Gasteiger partial charge in [-0.15, -0.1) is 0 Å². The standard InChI is InChI=1S/C20H27N5O3/c1-6-15(13-10-22-25(5)11-13)28-18(26)14-8-7-9-21-16(14)17-23-19(27)20(4,24-17)12(2)3/h7-12,15,17,24H,6H2,1-5H3,(H,23,27). The summed E-state index contributed by atoms with van der Waals surface area (Å²) in [6.45, 7) is 7.75. The van der Waals surface area contributed by atoms with Crippen molar-refractivity contribution in [2.75, 3.05) is 0 Å². The summed E-state index contributed by atoms with van der Waals surface area (Å²) in [5, 5.41) is 10.3. The van der Waals surface area contributed by atoms with Crippen LogP contribution in [-0.4, -0.2) is 32.2 Å². The van der Waals surface area contributed by atoms with Crippen molar-refractivity contribution in [3.8, 4) is 0 Å². The van der Waals surface area contributed by atoms with Crippen LogP contribution in [0.1, 0.15) is 68.0 Å². The van der Waals surface area contributed by atoms with Crippen molar-refractivity contribution in [2.24, 2.45) is 13.0 Å². The van der Waals surface area contributed by atoms with Crippen LogP contribution >= 0.6 is 0 Å². The Morgan fingerprint density at radius 2 is 2.18 bits per heavy atom. The Bertz CT molecular complexity index is 878. The molecule has 1 aliphatic heterocycles. The minimum Gasteiger partial charge on any atom is -0.454 e. The van der Waals surface area contributed by atoms with Crippen LogP contribution in [0.4, 0.5) is 0 Å². The van der Waals surface area contributed by atoms with Crippen molar-refractivity contribution in [1.29, 1.82) is 0 Å². The zero-order valence-corrected chi connectivity index (χ0v) is 16.9. The topological polar surface area (TPSA) is 98.1 Å². The van der Waals surface area contributed by atoms with Crippen LogP contribution in [0.2, 0.25) is 0 Å². The van der Waals surface area contributed by atoms with E-state index < -0.39 is 23.8 Å². The van der Waals surface area contributed by atoms with E-state index in [1.54, 1.807) is 29.2 Å². The quantitative estimate of drug-likeness (QED) is 0.740. The SMILES string of the molecule is CCC(OC(=O)c1cccnc1C1NC(=O)C(C)(C(C)C)N1)c1cnn(C)c1. The molecule has 0 aliphatic carbocycles. The van der Waals surface area contributed by atoms with Crippen molar-refractivity contribution in [3.63, 3.8) is 0 Å². The number of rotatable bonds is 6. The molecule has 0 saturated carbocycles. The molecule has 2 aromatic rings. The Morgan fingerprint density at radius 1 is 1.43 bits per heavy atom. The molecule has 0 bridgehead atoms. The van der Waals surface area contributed by atoms with Crippen molar-refractivity contribution < 1.29 is 14.3 Å². The number of aromatic nitrogens is 3. The number of esters is 1. The molecule has 0 spiro atoms. The highest BCUT2D eigenvalue weighted by molar-refractivity contribution is 5.92. The maximum absolute atomic E-state index is 12.9. The number of aryl methyl sites for hydroxylation is 1. The van der Waals surface area contributed by atoms with Crippen LogP contribution in [0, 0.1) is 5.92 Å². The fraction of sp³-hybridized carbons (Fsp3) is 0.500. The lowest BCUT2D eigenvalue weighted by atomic mass is 9.89. The van der Waals surface area contributed by atoms with E-state index in [0.29, 0.717) is 17.7 Å². The van der Waals surface area contributed by atoms with E-state index in [1.807, 2.05) is 40.9 Å². The summed E-state index contributed by atoms with van der Waals surface area (Å²) >= 11 is 0. The Morgan fingerprint density at radius 3 is 2.75 bits per heavy atom. The van der Waals surface area contributed by atoms with Gasteiger partial charge in [0.15, 0.2) is 0 Å². The molecule has 2 aromatic heterocycles. The summed E-state index contributed by atoms with van der Waals surface area (Å²) in [5.41, 5.74) is 0.885. The van der Waals surface area contributed by atoms with E-state index in [-0.39, 0.29) is 11.8 Å². The summed E-state index contributed by atoms with van der Waals surface area (Å²) in [5.74, 6) is -0.515. The van der Waals surface area contributed by atoms with Crippen molar-refractivity contribution >= 4 is 11.9 Å². The van der Waals surface area contributed by atoms with Gasteiger partial charge in [-0.2, -0.15) is 5.10 Å². The highest BCUT2D eigenvalue weighted by atomic mass is 16.5. The van der Waals surface area contributed by atoms with Crippen molar-refractivity contribution in [3.05, 3.63) is 47.5 Å². The molecule has 150 valence electrons. The normalized spacial score (nSPS) is 22.9. The minimum absolute atomic E-state index is 0.0756. The first kappa shape index (κ1) is 20.0. The van der Waals surface area contributed by atoms with Crippen LogP contribution in [0.15, 0.2) is 30.7 Å². The highest BCUT2D eigenvalue weighted by Gasteiger charge is 2.46. The molecule has 3 rings (SSSR count). The van der Waals surface area contributed by atoms with E-state index in [9.17, 15) is 9.59 Å². The molecule has 1 saturated heterocycles. The van der Waals surface area contributed by atoms with Gasteiger partial charge in [-0.1, -0.05) is 20.8 Å². The number of hydrogen-bond donors (Lipinski definition) is 2. The molecule has 8 heteroatoms. The smallest absolute Gasteiger partial charge is 0.340 e. The molecule has 3 atom stereocenters. The van der Waals surface area contributed by atoms with E-state index in [2.05, 4.69) is 20.7 Å². The van der Waals surface area contributed by atoms with Gasteiger partial charge >= 0.3 is 5.97 Å². The highest BCUT2D eigenvalue weighted by Crippen LogP contribution is 2.29. The second-order valence-electron chi connectivity index (χ2n) is 7.59. The number of pyridine rings is 1. The van der Waals surface area contributed by atoms with Gasteiger partial charge < -0.3 is 10.1 Å². The molecule has 3 heterocycles. The average molecular weight is 385 g/mol. The van der Waals surface area contributed by atoms with Gasteiger partial charge in [-0.05, 0) is 31.4 Å². The molecule has 1 amide bonds. The first-order chi connectivity index (χ1) is 13.3. The number of amides is 1. The third kappa shape index (κ3) is 3.64. The maximum atomic E-state index is 12.9. The Hall–Kier alpha value is -2.74. The van der Waals surface area contributed by atoms with Crippen molar-refractivity contribution in [2.45, 2.75) is 51.9 Å². The largest absolute Gasteiger partial charge is 0.454 e. The van der Waals surface area contributed by atoms with Crippen LogP contribution in [0.25, 0.3) is 0 Å². The lowest BCUT2D eigenvalue weighted by Crippen LogP contribution is -2.48.